The molecular formula is C38H74N2O6P+. The van der Waals surface area contributed by atoms with Crippen molar-refractivity contribution in [2.75, 3.05) is 40.9 Å². The lowest BCUT2D eigenvalue weighted by Crippen LogP contribution is -2.45. The van der Waals surface area contributed by atoms with E-state index in [1.807, 2.05) is 27.2 Å². The second-order valence-corrected chi connectivity index (χ2v) is 15.4. The summed E-state index contributed by atoms with van der Waals surface area (Å²) in [6, 6.07) is -0.843. The van der Waals surface area contributed by atoms with Crippen molar-refractivity contribution in [1.29, 1.82) is 0 Å². The SMILES string of the molecule is CCCCC/C=C\C/C=C\CCCCCCCCCCCC(=O)NC(COP(=O)(O)OCC[N+](C)(C)C)C(O)/C=C/CCCCCC. The molecule has 47 heavy (non-hydrogen) atoms. The molecule has 0 saturated carbocycles. The normalized spacial score (nSPS) is 15.1. The van der Waals surface area contributed by atoms with Gasteiger partial charge in [0.1, 0.15) is 13.2 Å². The first-order valence-electron chi connectivity index (χ1n) is 18.9. The summed E-state index contributed by atoms with van der Waals surface area (Å²) in [5, 5.41) is 13.6. The van der Waals surface area contributed by atoms with Crippen molar-refractivity contribution >= 4 is 13.7 Å². The van der Waals surface area contributed by atoms with Crippen molar-refractivity contribution < 1.29 is 32.9 Å². The van der Waals surface area contributed by atoms with Crippen molar-refractivity contribution in [3.8, 4) is 0 Å². The van der Waals surface area contributed by atoms with Gasteiger partial charge in [-0.25, -0.2) is 4.57 Å². The summed E-state index contributed by atoms with van der Waals surface area (Å²) in [5.74, 6) is -0.190. The molecule has 0 aliphatic heterocycles. The van der Waals surface area contributed by atoms with Crippen molar-refractivity contribution in [2.45, 2.75) is 161 Å². The topological polar surface area (TPSA) is 105 Å². The molecule has 3 unspecified atom stereocenters. The zero-order valence-electron chi connectivity index (χ0n) is 31.0. The van der Waals surface area contributed by atoms with Crippen LogP contribution in [0.3, 0.4) is 0 Å². The van der Waals surface area contributed by atoms with Gasteiger partial charge in [0, 0.05) is 6.42 Å². The van der Waals surface area contributed by atoms with E-state index in [9.17, 15) is 19.4 Å². The quantitative estimate of drug-likeness (QED) is 0.0275. The Hall–Kier alpha value is -1.28. The maximum atomic E-state index is 12.7. The van der Waals surface area contributed by atoms with E-state index in [4.69, 9.17) is 9.05 Å². The highest BCUT2D eigenvalue weighted by Gasteiger charge is 2.27. The number of carbonyl (C=O) groups excluding carboxylic acids is 1. The van der Waals surface area contributed by atoms with Crippen LogP contribution in [0.2, 0.25) is 0 Å². The molecule has 0 aliphatic rings. The molecule has 9 heteroatoms. The number of nitrogens with zero attached hydrogens (tertiary/aromatic N) is 1. The molecule has 0 rings (SSSR count). The minimum atomic E-state index is -4.32. The fraction of sp³-hybridized carbons (Fsp3) is 0.816. The largest absolute Gasteiger partial charge is 0.472 e. The van der Waals surface area contributed by atoms with Crippen molar-refractivity contribution in [3.05, 3.63) is 36.5 Å². The van der Waals surface area contributed by atoms with Gasteiger partial charge in [0.15, 0.2) is 0 Å². The highest BCUT2D eigenvalue weighted by Crippen LogP contribution is 2.43. The number of nitrogens with one attached hydrogen (secondary N) is 1. The van der Waals surface area contributed by atoms with Gasteiger partial charge in [-0.3, -0.25) is 13.8 Å². The molecule has 0 saturated heterocycles. The van der Waals surface area contributed by atoms with E-state index in [1.165, 1.54) is 77.0 Å². The van der Waals surface area contributed by atoms with Crippen LogP contribution in [0.4, 0.5) is 0 Å². The van der Waals surface area contributed by atoms with Crippen LogP contribution < -0.4 is 5.32 Å². The molecule has 0 heterocycles. The Bertz CT molecular complexity index is 871. The van der Waals surface area contributed by atoms with E-state index in [-0.39, 0.29) is 19.1 Å². The maximum Gasteiger partial charge on any atom is 0.472 e. The average molecular weight is 686 g/mol. The van der Waals surface area contributed by atoms with Crippen LogP contribution in [0.1, 0.15) is 149 Å². The number of rotatable bonds is 33. The first kappa shape index (κ1) is 45.7. The van der Waals surface area contributed by atoms with Crippen molar-refractivity contribution in [1.82, 2.24) is 5.32 Å². The number of unbranched alkanes of at least 4 members (excludes halogenated alkanes) is 16. The standard InChI is InChI=1S/C38H73N2O6P/c1-6-8-10-12-14-15-16-17-18-19-20-21-22-23-24-25-26-28-30-32-38(42)39-36(37(41)31-29-27-13-11-9-7-2)35-46-47(43,44)45-34-33-40(3,4)5/h14-15,17-18,29,31,36-37,41H,6-13,16,19-28,30,32-35H2,1-5H3,(H-,39,42,43,44)/p+1/b15-14-,18-17-,31-29+. The molecule has 0 radical (unpaired) electrons. The minimum Gasteiger partial charge on any atom is -0.387 e. The number of amides is 1. The number of hydrogen-bond donors (Lipinski definition) is 3. The molecule has 0 aromatic rings. The van der Waals surface area contributed by atoms with E-state index >= 15 is 0 Å². The van der Waals surface area contributed by atoms with Crippen molar-refractivity contribution in [3.63, 3.8) is 0 Å². The Morgan fingerprint density at radius 2 is 1.21 bits per heavy atom. The number of carbonyl (C=O) groups is 1. The molecule has 3 N–H and O–H groups in total. The third-order valence-electron chi connectivity index (χ3n) is 8.10. The third kappa shape index (κ3) is 33.0. The Morgan fingerprint density at radius 1 is 0.723 bits per heavy atom. The number of aliphatic hydroxyl groups excluding tert-OH is 1. The smallest absolute Gasteiger partial charge is 0.387 e. The highest BCUT2D eigenvalue weighted by atomic mass is 31.2. The Morgan fingerprint density at radius 3 is 1.79 bits per heavy atom. The number of hydrogen-bond acceptors (Lipinski definition) is 5. The van der Waals surface area contributed by atoms with Crippen LogP contribution in [0, 0.1) is 0 Å². The predicted octanol–water partition coefficient (Wildman–Crippen LogP) is 9.57. The molecule has 0 spiro atoms. The van der Waals surface area contributed by atoms with Gasteiger partial charge < -0.3 is 19.8 Å². The average Bonchev–Trinajstić information content (AvgIpc) is 3.01. The second-order valence-electron chi connectivity index (χ2n) is 13.9. The first-order valence-corrected chi connectivity index (χ1v) is 20.4. The number of quaternary nitrogens is 1. The van der Waals surface area contributed by atoms with Crippen LogP contribution in [0.25, 0.3) is 0 Å². The Labute approximate surface area is 289 Å². The van der Waals surface area contributed by atoms with Gasteiger partial charge in [0.2, 0.25) is 5.91 Å². The summed E-state index contributed by atoms with van der Waals surface area (Å²) in [6.07, 6.45) is 35.2. The summed E-state index contributed by atoms with van der Waals surface area (Å²) in [5.41, 5.74) is 0. The fourth-order valence-corrected chi connectivity index (χ4v) is 5.75. The Balaban J connectivity index is 4.29. The van der Waals surface area contributed by atoms with E-state index in [0.29, 0.717) is 17.4 Å². The van der Waals surface area contributed by atoms with Gasteiger partial charge in [-0.2, -0.15) is 0 Å². The number of phosphoric acid groups is 1. The first-order chi connectivity index (χ1) is 22.5. The monoisotopic (exact) mass is 686 g/mol. The summed E-state index contributed by atoms with van der Waals surface area (Å²) in [7, 11) is 1.56. The van der Waals surface area contributed by atoms with Crippen LogP contribution in [0.15, 0.2) is 36.5 Å². The van der Waals surface area contributed by atoms with Crippen LogP contribution in [-0.4, -0.2) is 73.4 Å². The summed E-state index contributed by atoms with van der Waals surface area (Å²) in [6.45, 7) is 4.68. The van der Waals surface area contributed by atoms with E-state index in [0.717, 1.165) is 51.4 Å². The van der Waals surface area contributed by atoms with E-state index in [2.05, 4.69) is 43.5 Å². The Kier molecular flexibility index (Phi) is 29.9. The minimum absolute atomic E-state index is 0.0592. The van der Waals surface area contributed by atoms with Gasteiger partial charge in [0.05, 0.1) is 39.9 Å². The number of likely N-dealkylation sites (N-methyl/N-ethyl adjacent to an activating group) is 1. The fourth-order valence-electron chi connectivity index (χ4n) is 5.01. The summed E-state index contributed by atoms with van der Waals surface area (Å²) >= 11 is 0. The van der Waals surface area contributed by atoms with Crippen molar-refractivity contribution in [2.24, 2.45) is 0 Å². The predicted molar refractivity (Wildman–Crippen MR) is 198 cm³/mol. The second kappa shape index (κ2) is 30.8. The number of phosphoric ester groups is 1. The van der Waals surface area contributed by atoms with Crippen LogP contribution in [-0.2, 0) is 18.4 Å². The maximum absolute atomic E-state index is 12.7. The molecule has 0 bridgehead atoms. The van der Waals surface area contributed by atoms with E-state index in [1.54, 1.807) is 6.08 Å². The highest BCUT2D eigenvalue weighted by molar-refractivity contribution is 7.47. The molecule has 3 atom stereocenters. The lowest BCUT2D eigenvalue weighted by Gasteiger charge is -2.25. The van der Waals surface area contributed by atoms with Crippen LogP contribution in [0.5, 0.6) is 0 Å². The van der Waals surface area contributed by atoms with E-state index < -0.39 is 20.0 Å². The molecule has 1 amide bonds. The molecule has 0 aliphatic carbocycles. The van der Waals surface area contributed by atoms with Gasteiger partial charge in [-0.15, -0.1) is 0 Å². The lowest BCUT2D eigenvalue weighted by molar-refractivity contribution is -0.870. The number of allylic oxidation sites excluding steroid dienone is 5. The molecular weight excluding hydrogens is 611 g/mol. The van der Waals surface area contributed by atoms with Gasteiger partial charge in [-0.05, 0) is 51.4 Å². The van der Waals surface area contributed by atoms with Crippen LogP contribution >= 0.6 is 7.82 Å². The van der Waals surface area contributed by atoms with Gasteiger partial charge in [-0.1, -0.05) is 127 Å². The summed E-state index contributed by atoms with van der Waals surface area (Å²) < 4.78 is 23.3. The number of aliphatic hydroxyl groups is 1. The molecule has 0 aromatic carbocycles. The molecule has 0 fully saturated rings. The molecule has 276 valence electrons. The molecule has 8 nitrogen and oxygen atoms in total. The van der Waals surface area contributed by atoms with Gasteiger partial charge in [0.25, 0.3) is 0 Å². The lowest BCUT2D eigenvalue weighted by atomic mass is 10.1. The summed E-state index contributed by atoms with van der Waals surface area (Å²) in [4.78, 5) is 22.9. The zero-order valence-corrected chi connectivity index (χ0v) is 31.9. The van der Waals surface area contributed by atoms with Gasteiger partial charge >= 0.3 is 7.82 Å². The third-order valence-corrected chi connectivity index (χ3v) is 9.09. The zero-order chi connectivity index (χ0) is 35.1. The molecule has 0 aromatic heterocycles.